The van der Waals surface area contributed by atoms with Gasteiger partial charge in [0.05, 0.1) is 13.2 Å². The van der Waals surface area contributed by atoms with Crippen molar-refractivity contribution in [1.29, 1.82) is 0 Å². The summed E-state index contributed by atoms with van der Waals surface area (Å²) in [6.45, 7) is 6.33. The van der Waals surface area contributed by atoms with Crippen LogP contribution in [0.15, 0.2) is 0 Å². The number of hydrogen-bond donors (Lipinski definition) is 0. The molecule has 0 radical (unpaired) electrons. The summed E-state index contributed by atoms with van der Waals surface area (Å²) in [5.41, 5.74) is 0. The van der Waals surface area contributed by atoms with Crippen LogP contribution in [0.4, 0.5) is 0 Å². The molecule has 0 aliphatic carbocycles. The van der Waals surface area contributed by atoms with Gasteiger partial charge in [-0.25, -0.2) is 0 Å². The molecule has 2 bridgehead atoms. The first-order valence-electron chi connectivity index (χ1n) is 7.90. The van der Waals surface area contributed by atoms with Gasteiger partial charge in [-0.15, -0.1) is 0 Å². The molecule has 3 rings (SSSR count). The summed E-state index contributed by atoms with van der Waals surface area (Å²) in [4.78, 5) is 16.8. The largest absolute Gasteiger partial charge is 0.379 e. The third-order valence-electron chi connectivity index (χ3n) is 4.93. The highest BCUT2D eigenvalue weighted by Gasteiger charge is 2.36. The van der Waals surface area contributed by atoms with E-state index >= 15 is 0 Å². The van der Waals surface area contributed by atoms with Crippen LogP contribution in [0.25, 0.3) is 0 Å². The maximum absolute atomic E-state index is 11.7. The van der Waals surface area contributed by atoms with E-state index in [9.17, 15) is 4.79 Å². The number of carbonyl (C=O) groups excluding carboxylic acids is 1. The van der Waals surface area contributed by atoms with Gasteiger partial charge in [0.15, 0.2) is 0 Å². The van der Waals surface area contributed by atoms with Crippen molar-refractivity contribution in [2.24, 2.45) is 0 Å². The minimum atomic E-state index is 0.499. The Hall–Kier alpha value is -0.450. The third kappa shape index (κ3) is 3.36. The average molecular weight is 266 g/mol. The minimum Gasteiger partial charge on any atom is -0.379 e. The highest BCUT2D eigenvalue weighted by atomic mass is 16.5. The molecule has 3 saturated heterocycles. The molecule has 0 aromatic heterocycles. The Bertz CT molecular complexity index is 299. The van der Waals surface area contributed by atoms with Gasteiger partial charge in [-0.1, -0.05) is 6.42 Å². The summed E-state index contributed by atoms with van der Waals surface area (Å²) in [5.74, 6) is 0.499. The molecule has 3 fully saturated rings. The predicted molar refractivity (Wildman–Crippen MR) is 74.3 cm³/mol. The van der Waals surface area contributed by atoms with E-state index in [0.29, 0.717) is 17.9 Å². The van der Waals surface area contributed by atoms with Crippen LogP contribution < -0.4 is 0 Å². The van der Waals surface area contributed by atoms with E-state index in [4.69, 9.17) is 4.74 Å². The number of nitrogens with zero attached hydrogens (tertiary/aromatic N) is 2. The Morgan fingerprint density at radius 1 is 1.05 bits per heavy atom. The van der Waals surface area contributed by atoms with Gasteiger partial charge in [0.2, 0.25) is 0 Å². The van der Waals surface area contributed by atoms with Crippen molar-refractivity contribution in [3.8, 4) is 0 Å². The van der Waals surface area contributed by atoms with Gasteiger partial charge in [-0.3, -0.25) is 14.6 Å². The van der Waals surface area contributed by atoms with Gasteiger partial charge in [-0.05, 0) is 32.4 Å². The number of fused-ring (bicyclic) bond motifs is 2. The minimum absolute atomic E-state index is 0.499. The van der Waals surface area contributed by atoms with Crippen LogP contribution in [0.1, 0.15) is 38.5 Å². The molecule has 0 aromatic carbocycles. The summed E-state index contributed by atoms with van der Waals surface area (Å²) < 4.78 is 5.38. The molecule has 0 spiro atoms. The van der Waals surface area contributed by atoms with Crippen molar-refractivity contribution in [2.75, 3.05) is 39.4 Å². The van der Waals surface area contributed by atoms with Crippen LogP contribution in [-0.4, -0.2) is 67.1 Å². The second-order valence-corrected chi connectivity index (χ2v) is 6.23. The molecule has 0 N–H and O–H groups in total. The first-order valence-corrected chi connectivity index (χ1v) is 7.90. The lowest BCUT2D eigenvalue weighted by Crippen LogP contribution is -2.53. The molecule has 3 aliphatic rings. The second kappa shape index (κ2) is 6.33. The van der Waals surface area contributed by atoms with E-state index in [-0.39, 0.29) is 0 Å². The van der Waals surface area contributed by atoms with Crippen molar-refractivity contribution in [1.82, 2.24) is 9.80 Å². The predicted octanol–water partition coefficient (Wildman–Crippen LogP) is 1.29. The smallest absolute Gasteiger partial charge is 0.136 e. The Morgan fingerprint density at radius 2 is 1.74 bits per heavy atom. The van der Waals surface area contributed by atoms with Crippen molar-refractivity contribution < 1.29 is 9.53 Å². The fraction of sp³-hybridized carbons (Fsp3) is 0.933. The quantitative estimate of drug-likeness (QED) is 0.768. The third-order valence-corrected chi connectivity index (χ3v) is 4.93. The molecule has 3 heterocycles. The molecular formula is C15H26N2O2. The fourth-order valence-electron chi connectivity index (χ4n) is 3.93. The van der Waals surface area contributed by atoms with Crippen molar-refractivity contribution >= 4 is 5.78 Å². The Labute approximate surface area is 116 Å². The monoisotopic (exact) mass is 266 g/mol. The number of ether oxygens (including phenoxy) is 1. The molecule has 3 aliphatic heterocycles. The number of morpholine rings is 1. The van der Waals surface area contributed by atoms with E-state index in [2.05, 4.69) is 9.80 Å². The molecule has 0 amide bonds. The van der Waals surface area contributed by atoms with E-state index in [1.54, 1.807) is 0 Å². The Balaban J connectivity index is 1.45. The van der Waals surface area contributed by atoms with Crippen LogP contribution in [0.3, 0.4) is 0 Å². The highest BCUT2D eigenvalue weighted by molar-refractivity contribution is 5.80. The van der Waals surface area contributed by atoms with Crippen LogP contribution in [0.5, 0.6) is 0 Å². The topological polar surface area (TPSA) is 32.8 Å². The lowest BCUT2D eigenvalue weighted by atomic mass is 9.83. The summed E-state index contributed by atoms with van der Waals surface area (Å²) in [5, 5.41) is 0. The zero-order valence-electron chi connectivity index (χ0n) is 11.9. The molecular weight excluding hydrogens is 240 g/mol. The maximum Gasteiger partial charge on any atom is 0.136 e. The van der Waals surface area contributed by atoms with Crippen LogP contribution in [-0.2, 0) is 9.53 Å². The van der Waals surface area contributed by atoms with Gasteiger partial charge in [0.1, 0.15) is 5.78 Å². The zero-order valence-corrected chi connectivity index (χ0v) is 11.9. The molecule has 4 heteroatoms. The summed E-state index contributed by atoms with van der Waals surface area (Å²) in [6, 6.07) is 1.12. The van der Waals surface area contributed by atoms with Gasteiger partial charge >= 0.3 is 0 Å². The van der Waals surface area contributed by atoms with Gasteiger partial charge < -0.3 is 4.74 Å². The first kappa shape index (κ1) is 13.5. The average Bonchev–Trinajstić information content (AvgIpc) is 2.40. The lowest BCUT2D eigenvalue weighted by molar-refractivity contribution is -0.127. The lowest BCUT2D eigenvalue weighted by Gasteiger charge is -2.45. The van der Waals surface area contributed by atoms with Crippen LogP contribution in [0, 0.1) is 0 Å². The molecule has 4 nitrogen and oxygen atoms in total. The standard InChI is InChI=1S/C15H26N2O2/c18-15-11-13-3-1-4-14(12-15)17(13)6-2-5-16-7-9-19-10-8-16/h13-14H,1-12H2. The number of carbonyl (C=O) groups is 1. The van der Waals surface area contributed by atoms with Gasteiger partial charge in [0.25, 0.3) is 0 Å². The zero-order chi connectivity index (χ0) is 13.1. The van der Waals surface area contributed by atoms with Crippen LogP contribution >= 0.6 is 0 Å². The summed E-state index contributed by atoms with van der Waals surface area (Å²) in [6.07, 6.45) is 6.66. The van der Waals surface area contributed by atoms with Gasteiger partial charge in [-0.2, -0.15) is 0 Å². The Kier molecular flexibility index (Phi) is 4.51. The van der Waals surface area contributed by atoms with Crippen molar-refractivity contribution in [3.63, 3.8) is 0 Å². The molecule has 2 atom stereocenters. The summed E-state index contributed by atoms with van der Waals surface area (Å²) in [7, 11) is 0. The maximum atomic E-state index is 11.7. The number of Topliss-reactive ketones (excluding diaryl/α,β-unsaturated/α-hetero) is 1. The second-order valence-electron chi connectivity index (χ2n) is 6.23. The number of hydrogen-bond acceptors (Lipinski definition) is 4. The number of rotatable bonds is 4. The molecule has 108 valence electrons. The van der Waals surface area contributed by atoms with Crippen LogP contribution in [0.2, 0.25) is 0 Å². The van der Waals surface area contributed by atoms with E-state index < -0.39 is 0 Å². The SMILES string of the molecule is O=C1CC2CCCC(C1)N2CCCN1CCOCC1. The molecule has 2 unspecified atom stereocenters. The molecule has 0 saturated carbocycles. The number of piperidine rings is 2. The first-order chi connectivity index (χ1) is 9.33. The molecule has 19 heavy (non-hydrogen) atoms. The molecule has 0 aromatic rings. The summed E-state index contributed by atoms with van der Waals surface area (Å²) >= 11 is 0. The van der Waals surface area contributed by atoms with E-state index in [1.165, 1.54) is 38.8 Å². The van der Waals surface area contributed by atoms with Gasteiger partial charge in [0, 0.05) is 38.0 Å². The number of ketones is 1. The van der Waals surface area contributed by atoms with E-state index in [0.717, 1.165) is 39.1 Å². The van der Waals surface area contributed by atoms with E-state index in [1.807, 2.05) is 0 Å². The highest BCUT2D eigenvalue weighted by Crippen LogP contribution is 2.32. The Morgan fingerprint density at radius 3 is 2.42 bits per heavy atom. The van der Waals surface area contributed by atoms with Crippen molar-refractivity contribution in [3.05, 3.63) is 0 Å². The normalized spacial score (nSPS) is 33.6. The fourth-order valence-corrected chi connectivity index (χ4v) is 3.93. The van der Waals surface area contributed by atoms with Crippen molar-refractivity contribution in [2.45, 2.75) is 50.6 Å².